The van der Waals surface area contributed by atoms with Crippen LogP contribution in [-0.4, -0.2) is 9.85 Å². The summed E-state index contributed by atoms with van der Waals surface area (Å²) in [7, 11) is 0. The van der Waals surface area contributed by atoms with E-state index in [4.69, 9.17) is 0 Å². The monoisotopic (exact) mass is 222 g/mol. The molecule has 0 N–H and O–H groups in total. The molecule has 16 heavy (non-hydrogen) atoms. The molecule has 0 bridgehead atoms. The maximum absolute atomic E-state index is 10.8. The molecule has 1 aliphatic rings. The number of rotatable bonds is 3. The van der Waals surface area contributed by atoms with Crippen molar-refractivity contribution in [3.63, 3.8) is 0 Å². The second kappa shape index (κ2) is 3.55. The molecule has 1 aliphatic carbocycles. The van der Waals surface area contributed by atoms with E-state index >= 15 is 0 Å². The molecule has 2 atom stereocenters. The van der Waals surface area contributed by atoms with Crippen LogP contribution in [-0.2, 0) is 0 Å². The van der Waals surface area contributed by atoms with Gasteiger partial charge in [-0.1, -0.05) is 6.92 Å². The Morgan fingerprint density at radius 2 is 1.88 bits per heavy atom. The fourth-order valence-corrected chi connectivity index (χ4v) is 1.87. The third-order valence-corrected chi connectivity index (χ3v) is 2.93. The molecular weight excluding hydrogens is 212 g/mol. The van der Waals surface area contributed by atoms with Gasteiger partial charge in [0, 0.05) is 11.6 Å². The Morgan fingerprint density at radius 3 is 2.31 bits per heavy atom. The standard InChI is InChI=1S/C10H10N2O4/c1-6-4-9(6)8-3-2-7(11(13)14)5-10(8)12(15)16/h2-3,5-6,9H,4H2,1H3/t6-,9+/m1/s1. The second-order valence-electron chi connectivity index (χ2n) is 4.08. The average molecular weight is 222 g/mol. The van der Waals surface area contributed by atoms with Crippen LogP contribution in [0, 0.1) is 26.1 Å². The Hall–Kier alpha value is -1.98. The van der Waals surface area contributed by atoms with Gasteiger partial charge in [-0.05, 0) is 24.3 Å². The maximum atomic E-state index is 10.8. The van der Waals surface area contributed by atoms with Crippen molar-refractivity contribution in [2.24, 2.45) is 5.92 Å². The molecule has 2 rings (SSSR count). The first-order chi connectivity index (χ1) is 7.50. The van der Waals surface area contributed by atoms with Crippen molar-refractivity contribution in [3.05, 3.63) is 44.0 Å². The molecule has 0 radical (unpaired) electrons. The van der Waals surface area contributed by atoms with E-state index in [1.165, 1.54) is 12.1 Å². The third-order valence-electron chi connectivity index (χ3n) is 2.93. The van der Waals surface area contributed by atoms with E-state index in [1.54, 1.807) is 0 Å². The van der Waals surface area contributed by atoms with Crippen molar-refractivity contribution in [1.82, 2.24) is 0 Å². The van der Waals surface area contributed by atoms with E-state index in [1.807, 2.05) is 6.92 Å². The number of nitrogens with zero attached hydrogens (tertiary/aromatic N) is 2. The highest BCUT2D eigenvalue weighted by molar-refractivity contribution is 5.52. The van der Waals surface area contributed by atoms with E-state index in [2.05, 4.69) is 0 Å². The molecule has 0 heterocycles. The van der Waals surface area contributed by atoms with Gasteiger partial charge in [-0.3, -0.25) is 20.2 Å². The zero-order valence-corrected chi connectivity index (χ0v) is 8.62. The summed E-state index contributed by atoms with van der Waals surface area (Å²) in [5, 5.41) is 21.3. The summed E-state index contributed by atoms with van der Waals surface area (Å²) < 4.78 is 0. The molecule has 0 aliphatic heterocycles. The van der Waals surface area contributed by atoms with E-state index < -0.39 is 9.85 Å². The molecule has 0 amide bonds. The van der Waals surface area contributed by atoms with Gasteiger partial charge in [0.25, 0.3) is 11.4 Å². The largest absolute Gasteiger partial charge is 0.279 e. The van der Waals surface area contributed by atoms with Gasteiger partial charge in [0.15, 0.2) is 0 Å². The van der Waals surface area contributed by atoms with Crippen molar-refractivity contribution in [2.75, 3.05) is 0 Å². The van der Waals surface area contributed by atoms with E-state index in [9.17, 15) is 20.2 Å². The Morgan fingerprint density at radius 1 is 1.25 bits per heavy atom. The zero-order chi connectivity index (χ0) is 11.9. The van der Waals surface area contributed by atoms with Crippen LogP contribution in [0.2, 0.25) is 0 Å². The third kappa shape index (κ3) is 1.73. The van der Waals surface area contributed by atoms with Gasteiger partial charge in [0.2, 0.25) is 0 Å². The van der Waals surface area contributed by atoms with Crippen molar-refractivity contribution >= 4 is 11.4 Å². The maximum Gasteiger partial charge on any atom is 0.279 e. The molecule has 0 aromatic heterocycles. The predicted octanol–water partition coefficient (Wildman–Crippen LogP) is 2.63. The number of non-ortho nitro benzene ring substituents is 1. The molecule has 0 unspecified atom stereocenters. The van der Waals surface area contributed by atoms with Crippen LogP contribution in [0.5, 0.6) is 0 Å². The lowest BCUT2D eigenvalue weighted by atomic mass is 10.1. The van der Waals surface area contributed by atoms with Crippen LogP contribution in [0.4, 0.5) is 11.4 Å². The molecule has 6 heteroatoms. The van der Waals surface area contributed by atoms with E-state index in [0.29, 0.717) is 11.5 Å². The smallest absolute Gasteiger partial charge is 0.258 e. The van der Waals surface area contributed by atoms with Gasteiger partial charge in [-0.2, -0.15) is 0 Å². The summed E-state index contributed by atoms with van der Waals surface area (Å²) >= 11 is 0. The highest BCUT2D eigenvalue weighted by Crippen LogP contribution is 2.50. The summed E-state index contributed by atoms with van der Waals surface area (Å²) in [4.78, 5) is 20.2. The average Bonchev–Trinajstić information content (AvgIpc) is 2.94. The molecule has 1 aromatic rings. The van der Waals surface area contributed by atoms with Crippen LogP contribution >= 0.6 is 0 Å². The first kappa shape index (κ1) is 10.5. The lowest BCUT2D eigenvalue weighted by Gasteiger charge is -2.00. The van der Waals surface area contributed by atoms with Gasteiger partial charge < -0.3 is 0 Å². The van der Waals surface area contributed by atoms with Gasteiger partial charge in [-0.15, -0.1) is 0 Å². The minimum atomic E-state index is -0.618. The Balaban J connectivity index is 2.45. The van der Waals surface area contributed by atoms with Gasteiger partial charge in [0.05, 0.1) is 15.9 Å². The topological polar surface area (TPSA) is 86.3 Å². The van der Waals surface area contributed by atoms with Gasteiger partial charge in [-0.25, -0.2) is 0 Å². The van der Waals surface area contributed by atoms with Crippen molar-refractivity contribution in [2.45, 2.75) is 19.3 Å². The van der Waals surface area contributed by atoms with E-state index in [-0.39, 0.29) is 17.3 Å². The quantitative estimate of drug-likeness (QED) is 0.581. The first-order valence-electron chi connectivity index (χ1n) is 4.93. The SMILES string of the molecule is C[C@@H]1C[C@@H]1c1ccc([N+](=O)[O-])cc1[N+](=O)[O-]. The first-order valence-corrected chi connectivity index (χ1v) is 4.93. The fraction of sp³-hybridized carbons (Fsp3) is 0.400. The minimum Gasteiger partial charge on any atom is -0.258 e. The number of nitro benzene ring substituents is 2. The number of nitro groups is 2. The van der Waals surface area contributed by atoms with Crippen LogP contribution in [0.1, 0.15) is 24.8 Å². The molecular formula is C10H10N2O4. The lowest BCUT2D eigenvalue weighted by Crippen LogP contribution is -1.97. The summed E-state index contributed by atoms with van der Waals surface area (Å²) in [5.41, 5.74) is 0.246. The lowest BCUT2D eigenvalue weighted by molar-refractivity contribution is -0.394. The van der Waals surface area contributed by atoms with E-state index in [0.717, 1.165) is 12.5 Å². The van der Waals surface area contributed by atoms with Crippen LogP contribution in [0.15, 0.2) is 18.2 Å². The highest BCUT2D eigenvalue weighted by Gasteiger charge is 2.39. The fourth-order valence-electron chi connectivity index (χ4n) is 1.87. The van der Waals surface area contributed by atoms with Crippen molar-refractivity contribution in [3.8, 4) is 0 Å². The minimum absolute atomic E-state index is 0.136. The molecule has 0 spiro atoms. The summed E-state index contributed by atoms with van der Waals surface area (Å²) in [6.07, 6.45) is 0.915. The Bertz CT molecular complexity index is 472. The summed E-state index contributed by atoms with van der Waals surface area (Å²) in [5.74, 6) is 0.612. The van der Waals surface area contributed by atoms with Crippen molar-refractivity contribution in [1.29, 1.82) is 0 Å². The van der Waals surface area contributed by atoms with Gasteiger partial charge in [0.1, 0.15) is 0 Å². The number of hydrogen-bond donors (Lipinski definition) is 0. The second-order valence-corrected chi connectivity index (χ2v) is 4.08. The van der Waals surface area contributed by atoms with Crippen LogP contribution < -0.4 is 0 Å². The molecule has 6 nitrogen and oxygen atoms in total. The Labute approximate surface area is 91.2 Å². The molecule has 1 aromatic carbocycles. The van der Waals surface area contributed by atoms with Crippen molar-refractivity contribution < 1.29 is 9.85 Å². The molecule has 1 saturated carbocycles. The molecule has 84 valence electrons. The number of hydrogen-bond acceptors (Lipinski definition) is 4. The van der Waals surface area contributed by atoms with Crippen LogP contribution in [0.3, 0.4) is 0 Å². The normalized spacial score (nSPS) is 22.8. The molecule has 1 fully saturated rings. The summed E-state index contributed by atoms with van der Waals surface area (Å²) in [6, 6.07) is 3.87. The Kier molecular flexibility index (Phi) is 2.34. The number of benzene rings is 1. The summed E-state index contributed by atoms with van der Waals surface area (Å²) in [6.45, 7) is 2.01. The predicted molar refractivity (Wildman–Crippen MR) is 56.3 cm³/mol. The highest BCUT2D eigenvalue weighted by atomic mass is 16.6. The van der Waals surface area contributed by atoms with Crippen LogP contribution in [0.25, 0.3) is 0 Å². The molecule has 0 saturated heterocycles. The van der Waals surface area contributed by atoms with Gasteiger partial charge >= 0.3 is 0 Å². The zero-order valence-electron chi connectivity index (χ0n) is 8.62.